The number of primary amides is 1. The first kappa shape index (κ1) is 14.3. The van der Waals surface area contributed by atoms with Crippen LogP contribution in [0.1, 0.15) is 24.2 Å². The van der Waals surface area contributed by atoms with E-state index in [1.807, 2.05) is 13.8 Å². The standard InChI is InChI=1S/C14H14ClN3O2/c1-8(2)20-11-4-5-17-7-10(11)12-9(14(16)19)3-6-18-13(12)15/h3-8H,1-2H3,(H2,16,19). The van der Waals surface area contributed by atoms with Crippen molar-refractivity contribution < 1.29 is 9.53 Å². The molecule has 20 heavy (non-hydrogen) atoms. The van der Waals surface area contributed by atoms with Crippen LogP contribution in [0.3, 0.4) is 0 Å². The Morgan fingerprint density at radius 2 is 2.10 bits per heavy atom. The van der Waals surface area contributed by atoms with E-state index in [1.165, 1.54) is 12.3 Å². The van der Waals surface area contributed by atoms with Gasteiger partial charge in [0.25, 0.3) is 0 Å². The Hall–Kier alpha value is -2.14. The second kappa shape index (κ2) is 5.88. The van der Waals surface area contributed by atoms with Gasteiger partial charge in [-0.2, -0.15) is 0 Å². The molecule has 0 atom stereocenters. The number of hydrogen-bond acceptors (Lipinski definition) is 4. The van der Waals surface area contributed by atoms with Crippen molar-refractivity contribution in [2.45, 2.75) is 20.0 Å². The second-order valence-electron chi connectivity index (χ2n) is 4.43. The molecule has 2 heterocycles. The third kappa shape index (κ3) is 2.88. The van der Waals surface area contributed by atoms with Gasteiger partial charge in [-0.25, -0.2) is 4.98 Å². The normalized spacial score (nSPS) is 10.6. The van der Waals surface area contributed by atoms with E-state index in [2.05, 4.69) is 9.97 Å². The molecule has 0 bridgehead atoms. The Labute approximate surface area is 121 Å². The van der Waals surface area contributed by atoms with Crippen molar-refractivity contribution in [3.63, 3.8) is 0 Å². The molecule has 0 spiro atoms. The van der Waals surface area contributed by atoms with Gasteiger partial charge in [0.2, 0.25) is 5.91 Å². The van der Waals surface area contributed by atoms with Gasteiger partial charge in [-0.05, 0) is 26.0 Å². The molecule has 0 saturated carbocycles. The quantitative estimate of drug-likeness (QED) is 0.879. The molecule has 6 heteroatoms. The number of nitrogens with two attached hydrogens (primary N) is 1. The minimum Gasteiger partial charge on any atom is -0.490 e. The first-order valence-corrected chi connectivity index (χ1v) is 6.44. The predicted octanol–water partition coefficient (Wildman–Crippen LogP) is 2.68. The SMILES string of the molecule is CC(C)Oc1ccncc1-c1c(C(N)=O)ccnc1Cl. The highest BCUT2D eigenvalue weighted by atomic mass is 35.5. The van der Waals surface area contributed by atoms with Gasteiger partial charge in [-0.3, -0.25) is 9.78 Å². The molecule has 0 aliphatic heterocycles. The molecule has 1 amide bonds. The van der Waals surface area contributed by atoms with Crippen molar-refractivity contribution in [2.75, 3.05) is 0 Å². The van der Waals surface area contributed by atoms with Crippen LogP contribution in [0.4, 0.5) is 0 Å². The average Bonchev–Trinajstić information content (AvgIpc) is 2.38. The summed E-state index contributed by atoms with van der Waals surface area (Å²) in [4.78, 5) is 19.6. The Balaban J connectivity index is 2.65. The van der Waals surface area contributed by atoms with Crippen LogP contribution in [0.25, 0.3) is 11.1 Å². The summed E-state index contributed by atoms with van der Waals surface area (Å²) in [7, 11) is 0. The molecule has 0 radical (unpaired) electrons. The topological polar surface area (TPSA) is 78.1 Å². The fraction of sp³-hybridized carbons (Fsp3) is 0.214. The Kier molecular flexibility index (Phi) is 4.20. The van der Waals surface area contributed by atoms with Gasteiger partial charge >= 0.3 is 0 Å². The number of ether oxygens (including phenoxy) is 1. The van der Waals surface area contributed by atoms with E-state index >= 15 is 0 Å². The summed E-state index contributed by atoms with van der Waals surface area (Å²) in [5, 5.41) is 0.183. The van der Waals surface area contributed by atoms with Crippen molar-refractivity contribution in [1.82, 2.24) is 9.97 Å². The maximum atomic E-state index is 11.6. The van der Waals surface area contributed by atoms with Crippen molar-refractivity contribution in [3.05, 3.63) is 41.4 Å². The lowest BCUT2D eigenvalue weighted by molar-refractivity contribution is 0.100. The third-order valence-electron chi connectivity index (χ3n) is 2.58. The number of halogens is 1. The van der Waals surface area contributed by atoms with E-state index in [0.29, 0.717) is 16.9 Å². The van der Waals surface area contributed by atoms with E-state index in [9.17, 15) is 4.79 Å². The number of nitrogens with zero attached hydrogens (tertiary/aromatic N) is 2. The lowest BCUT2D eigenvalue weighted by atomic mass is 10.0. The average molecular weight is 292 g/mol. The predicted molar refractivity (Wildman–Crippen MR) is 76.8 cm³/mol. The van der Waals surface area contributed by atoms with Crippen LogP contribution in [-0.4, -0.2) is 22.0 Å². The Morgan fingerprint density at radius 3 is 2.75 bits per heavy atom. The Morgan fingerprint density at radius 1 is 1.35 bits per heavy atom. The number of hydrogen-bond donors (Lipinski definition) is 1. The van der Waals surface area contributed by atoms with Gasteiger partial charge in [0.15, 0.2) is 0 Å². The molecule has 5 nitrogen and oxygen atoms in total. The summed E-state index contributed by atoms with van der Waals surface area (Å²) in [5.74, 6) is -0.00366. The number of amides is 1. The van der Waals surface area contributed by atoms with E-state index in [4.69, 9.17) is 22.1 Å². The maximum Gasteiger partial charge on any atom is 0.249 e. The molecule has 0 aliphatic rings. The Bertz CT molecular complexity index is 644. The van der Waals surface area contributed by atoms with E-state index in [-0.39, 0.29) is 16.8 Å². The summed E-state index contributed by atoms with van der Waals surface area (Å²) in [6.45, 7) is 3.81. The zero-order valence-corrected chi connectivity index (χ0v) is 11.9. The lowest BCUT2D eigenvalue weighted by Crippen LogP contribution is -2.14. The number of rotatable bonds is 4. The summed E-state index contributed by atoms with van der Waals surface area (Å²) < 4.78 is 5.71. The summed E-state index contributed by atoms with van der Waals surface area (Å²) >= 11 is 6.11. The molecule has 0 fully saturated rings. The summed E-state index contributed by atoms with van der Waals surface area (Å²) in [6.07, 6.45) is 4.59. The van der Waals surface area contributed by atoms with Crippen LogP contribution in [0.2, 0.25) is 5.15 Å². The molecule has 0 aromatic carbocycles. The van der Waals surface area contributed by atoms with Crippen LogP contribution in [0, 0.1) is 0 Å². The molecule has 2 N–H and O–H groups in total. The van der Waals surface area contributed by atoms with Crippen molar-refractivity contribution in [3.8, 4) is 16.9 Å². The molecular formula is C14H14ClN3O2. The maximum absolute atomic E-state index is 11.6. The minimum absolute atomic E-state index is 0.0244. The van der Waals surface area contributed by atoms with Crippen LogP contribution in [-0.2, 0) is 0 Å². The van der Waals surface area contributed by atoms with Crippen LogP contribution < -0.4 is 10.5 Å². The van der Waals surface area contributed by atoms with Crippen molar-refractivity contribution in [1.29, 1.82) is 0 Å². The molecule has 0 aliphatic carbocycles. The van der Waals surface area contributed by atoms with Gasteiger partial charge in [-0.15, -0.1) is 0 Å². The first-order chi connectivity index (χ1) is 9.50. The first-order valence-electron chi connectivity index (χ1n) is 6.06. The van der Waals surface area contributed by atoms with Crippen LogP contribution in [0.15, 0.2) is 30.7 Å². The highest BCUT2D eigenvalue weighted by Crippen LogP contribution is 2.35. The summed E-state index contributed by atoms with van der Waals surface area (Å²) in [6, 6.07) is 3.24. The number of carbonyl (C=O) groups is 1. The molecule has 104 valence electrons. The van der Waals surface area contributed by atoms with Crippen LogP contribution in [0.5, 0.6) is 5.75 Å². The molecular weight excluding hydrogens is 278 g/mol. The summed E-state index contributed by atoms with van der Waals surface area (Å²) in [5.41, 5.74) is 6.70. The van der Waals surface area contributed by atoms with Crippen molar-refractivity contribution >= 4 is 17.5 Å². The highest BCUT2D eigenvalue weighted by molar-refractivity contribution is 6.33. The van der Waals surface area contributed by atoms with Gasteiger partial charge in [0.1, 0.15) is 10.9 Å². The van der Waals surface area contributed by atoms with Gasteiger partial charge in [-0.1, -0.05) is 11.6 Å². The van der Waals surface area contributed by atoms with E-state index < -0.39 is 5.91 Å². The zero-order chi connectivity index (χ0) is 14.7. The van der Waals surface area contributed by atoms with E-state index in [0.717, 1.165) is 0 Å². The molecule has 0 unspecified atom stereocenters. The van der Waals surface area contributed by atoms with Gasteiger partial charge in [0.05, 0.1) is 11.7 Å². The molecule has 2 aromatic heterocycles. The lowest BCUT2D eigenvalue weighted by Gasteiger charge is -2.15. The van der Waals surface area contributed by atoms with E-state index in [1.54, 1.807) is 18.5 Å². The molecule has 2 rings (SSSR count). The highest BCUT2D eigenvalue weighted by Gasteiger charge is 2.18. The van der Waals surface area contributed by atoms with Gasteiger partial charge < -0.3 is 10.5 Å². The van der Waals surface area contributed by atoms with Gasteiger partial charge in [0, 0.05) is 29.7 Å². The van der Waals surface area contributed by atoms with Crippen LogP contribution >= 0.6 is 11.6 Å². The molecule has 0 saturated heterocycles. The number of carbonyl (C=O) groups excluding carboxylic acids is 1. The smallest absolute Gasteiger partial charge is 0.249 e. The largest absolute Gasteiger partial charge is 0.490 e. The fourth-order valence-corrected chi connectivity index (χ4v) is 2.08. The van der Waals surface area contributed by atoms with Crippen molar-refractivity contribution in [2.24, 2.45) is 5.73 Å². The monoisotopic (exact) mass is 291 g/mol. The number of aromatic nitrogens is 2. The second-order valence-corrected chi connectivity index (χ2v) is 4.79. The third-order valence-corrected chi connectivity index (χ3v) is 2.87. The molecule has 2 aromatic rings. The minimum atomic E-state index is -0.580. The number of pyridine rings is 2. The fourth-order valence-electron chi connectivity index (χ4n) is 1.82. The zero-order valence-electron chi connectivity index (χ0n) is 11.1.